The molecule has 2 aliphatic heterocycles. The van der Waals surface area contributed by atoms with Gasteiger partial charge in [-0.25, -0.2) is 0 Å². The number of benzene rings is 1. The normalized spacial score (nSPS) is 24.1. The Kier molecular flexibility index (Phi) is 7.83. The molecule has 2 fully saturated rings. The maximum Gasteiger partial charge on any atom is 0.191 e. The van der Waals surface area contributed by atoms with Crippen molar-refractivity contribution in [2.45, 2.75) is 38.6 Å². The Morgan fingerprint density at radius 3 is 2.86 bits per heavy atom. The largest absolute Gasteiger partial charge is 0.497 e. The van der Waals surface area contributed by atoms with Crippen LogP contribution in [0, 0.1) is 5.92 Å². The van der Waals surface area contributed by atoms with Gasteiger partial charge in [0, 0.05) is 50.5 Å². The Morgan fingerprint density at radius 2 is 2.07 bits per heavy atom. The predicted molar refractivity (Wildman–Crippen MR) is 118 cm³/mol. The second-order valence-corrected chi connectivity index (χ2v) is 8.12. The van der Waals surface area contributed by atoms with Crippen LogP contribution in [-0.4, -0.2) is 70.3 Å². The van der Waals surface area contributed by atoms with Crippen LogP contribution in [0.2, 0.25) is 0 Å². The fraction of sp³-hybridized carbons (Fsp3) is 0.682. The molecule has 2 heterocycles. The molecule has 0 spiro atoms. The van der Waals surface area contributed by atoms with Gasteiger partial charge in [0.25, 0.3) is 0 Å². The lowest BCUT2D eigenvalue weighted by Crippen LogP contribution is -2.51. The highest BCUT2D eigenvalue weighted by Gasteiger charge is 2.22. The molecule has 3 rings (SSSR count). The lowest BCUT2D eigenvalue weighted by Gasteiger charge is -2.35. The fourth-order valence-corrected chi connectivity index (χ4v) is 4.29. The Balaban J connectivity index is 1.58. The van der Waals surface area contributed by atoms with Crippen LogP contribution >= 0.6 is 0 Å². The second-order valence-electron chi connectivity index (χ2n) is 8.12. The number of rotatable bonds is 6. The summed E-state index contributed by atoms with van der Waals surface area (Å²) in [5.41, 5.74) is 1.23. The lowest BCUT2D eigenvalue weighted by atomic mass is 9.99. The summed E-state index contributed by atoms with van der Waals surface area (Å²) in [6.07, 6.45) is 4.94. The minimum absolute atomic E-state index is 0.409. The molecule has 2 atom stereocenters. The van der Waals surface area contributed by atoms with Gasteiger partial charge in [0.15, 0.2) is 5.96 Å². The van der Waals surface area contributed by atoms with Crippen molar-refractivity contribution < 1.29 is 4.74 Å². The number of methoxy groups -OCH3 is 1. The smallest absolute Gasteiger partial charge is 0.191 e. The molecular formula is C22H37N5O. The first kappa shape index (κ1) is 20.8. The number of hydrogen-bond acceptors (Lipinski definition) is 4. The zero-order chi connectivity index (χ0) is 19.8. The maximum absolute atomic E-state index is 5.39. The average molecular weight is 388 g/mol. The highest BCUT2D eigenvalue weighted by Crippen LogP contribution is 2.24. The summed E-state index contributed by atoms with van der Waals surface area (Å²) in [4.78, 5) is 9.80. The number of guanidine groups is 1. The summed E-state index contributed by atoms with van der Waals surface area (Å²) in [6.45, 7) is 8.40. The van der Waals surface area contributed by atoms with E-state index in [0.717, 1.165) is 44.4 Å². The Labute approximate surface area is 170 Å². The molecule has 0 aromatic heterocycles. The fourth-order valence-electron chi connectivity index (χ4n) is 4.29. The van der Waals surface area contributed by atoms with Gasteiger partial charge in [0.05, 0.1) is 7.11 Å². The van der Waals surface area contributed by atoms with Crippen LogP contribution in [0.4, 0.5) is 5.69 Å². The van der Waals surface area contributed by atoms with E-state index in [-0.39, 0.29) is 0 Å². The molecule has 2 aliphatic rings. The highest BCUT2D eigenvalue weighted by atomic mass is 16.5. The SMILES string of the molecule is CCNC(=NCC1CCCN(C)C1)NC1CCCN(c2cccc(OC)c2)C1. The number of hydrogen-bond donors (Lipinski definition) is 2. The van der Waals surface area contributed by atoms with Gasteiger partial charge < -0.3 is 25.2 Å². The van der Waals surface area contributed by atoms with Crippen LogP contribution in [0.3, 0.4) is 0 Å². The molecule has 2 saturated heterocycles. The van der Waals surface area contributed by atoms with Crippen molar-refractivity contribution in [1.82, 2.24) is 15.5 Å². The monoisotopic (exact) mass is 387 g/mol. The predicted octanol–water partition coefficient (Wildman–Crippen LogP) is 2.56. The van der Waals surface area contributed by atoms with Crippen molar-refractivity contribution in [2.24, 2.45) is 10.9 Å². The number of ether oxygens (including phenoxy) is 1. The number of nitrogens with one attached hydrogen (secondary N) is 2. The van der Waals surface area contributed by atoms with E-state index in [1.165, 1.54) is 37.9 Å². The molecule has 156 valence electrons. The molecule has 6 nitrogen and oxygen atoms in total. The van der Waals surface area contributed by atoms with Crippen molar-refractivity contribution in [3.8, 4) is 5.75 Å². The van der Waals surface area contributed by atoms with E-state index in [4.69, 9.17) is 9.73 Å². The quantitative estimate of drug-likeness (QED) is 0.580. The molecule has 0 bridgehead atoms. The van der Waals surface area contributed by atoms with E-state index in [1.807, 2.05) is 6.07 Å². The maximum atomic E-state index is 5.39. The number of anilines is 1. The lowest BCUT2D eigenvalue weighted by molar-refractivity contribution is 0.214. The zero-order valence-electron chi connectivity index (χ0n) is 17.8. The standard InChI is InChI=1S/C22H37N5O/c1-4-23-22(24-15-18-8-6-12-26(2)16-18)25-19-9-7-13-27(17-19)20-10-5-11-21(14-20)28-3/h5,10-11,14,18-19H,4,6-9,12-13,15-17H2,1-3H3,(H2,23,24,25). The van der Waals surface area contributed by atoms with E-state index in [2.05, 4.69) is 52.6 Å². The minimum Gasteiger partial charge on any atom is -0.497 e. The molecule has 28 heavy (non-hydrogen) atoms. The highest BCUT2D eigenvalue weighted by molar-refractivity contribution is 5.80. The molecule has 6 heteroatoms. The molecule has 0 radical (unpaired) electrons. The van der Waals surface area contributed by atoms with E-state index >= 15 is 0 Å². The third-order valence-corrected chi connectivity index (χ3v) is 5.75. The van der Waals surface area contributed by atoms with Crippen molar-refractivity contribution in [2.75, 3.05) is 58.3 Å². The molecule has 1 aromatic carbocycles. The molecule has 0 amide bonds. The van der Waals surface area contributed by atoms with Crippen LogP contribution in [0.15, 0.2) is 29.3 Å². The molecule has 0 aliphatic carbocycles. The number of aliphatic imine (C=N–C) groups is 1. The van der Waals surface area contributed by atoms with Gasteiger partial charge in [-0.1, -0.05) is 6.07 Å². The number of nitrogens with zero attached hydrogens (tertiary/aromatic N) is 3. The summed E-state index contributed by atoms with van der Waals surface area (Å²) in [5.74, 6) is 2.56. The van der Waals surface area contributed by atoms with Crippen LogP contribution in [0.5, 0.6) is 5.75 Å². The average Bonchev–Trinajstić information content (AvgIpc) is 2.72. The van der Waals surface area contributed by atoms with E-state index in [1.54, 1.807) is 7.11 Å². The van der Waals surface area contributed by atoms with Crippen LogP contribution in [0.1, 0.15) is 32.6 Å². The van der Waals surface area contributed by atoms with Gasteiger partial charge >= 0.3 is 0 Å². The van der Waals surface area contributed by atoms with Crippen molar-refractivity contribution in [1.29, 1.82) is 0 Å². The number of piperidine rings is 2. The third kappa shape index (κ3) is 6.03. The number of likely N-dealkylation sites (tertiary alicyclic amines) is 1. The molecule has 0 saturated carbocycles. The summed E-state index contributed by atoms with van der Waals surface area (Å²) in [6, 6.07) is 8.77. The zero-order valence-corrected chi connectivity index (χ0v) is 17.8. The summed E-state index contributed by atoms with van der Waals surface area (Å²) < 4.78 is 5.39. The van der Waals surface area contributed by atoms with Crippen LogP contribution < -0.4 is 20.3 Å². The summed E-state index contributed by atoms with van der Waals surface area (Å²) >= 11 is 0. The van der Waals surface area contributed by atoms with Gasteiger partial charge in [-0.15, -0.1) is 0 Å². The van der Waals surface area contributed by atoms with Gasteiger partial charge in [-0.05, 0) is 64.3 Å². The van der Waals surface area contributed by atoms with Gasteiger partial charge in [0.1, 0.15) is 5.75 Å². The van der Waals surface area contributed by atoms with E-state index in [0.29, 0.717) is 12.0 Å². The molecular weight excluding hydrogens is 350 g/mol. The van der Waals surface area contributed by atoms with Crippen LogP contribution in [0.25, 0.3) is 0 Å². The van der Waals surface area contributed by atoms with E-state index < -0.39 is 0 Å². The third-order valence-electron chi connectivity index (χ3n) is 5.75. The van der Waals surface area contributed by atoms with Crippen molar-refractivity contribution >= 4 is 11.6 Å². The first-order valence-electron chi connectivity index (χ1n) is 10.8. The first-order chi connectivity index (χ1) is 13.7. The molecule has 2 unspecified atom stereocenters. The van der Waals surface area contributed by atoms with Gasteiger partial charge in [-0.3, -0.25) is 4.99 Å². The van der Waals surface area contributed by atoms with Crippen molar-refractivity contribution in [3.63, 3.8) is 0 Å². The second kappa shape index (κ2) is 10.6. The van der Waals surface area contributed by atoms with Gasteiger partial charge in [0.2, 0.25) is 0 Å². The Morgan fingerprint density at radius 1 is 1.21 bits per heavy atom. The summed E-state index contributed by atoms with van der Waals surface area (Å²) in [7, 11) is 3.94. The van der Waals surface area contributed by atoms with Crippen LogP contribution in [-0.2, 0) is 0 Å². The van der Waals surface area contributed by atoms with E-state index in [9.17, 15) is 0 Å². The molecule has 2 N–H and O–H groups in total. The minimum atomic E-state index is 0.409. The Bertz CT molecular complexity index is 635. The van der Waals surface area contributed by atoms with Crippen molar-refractivity contribution in [3.05, 3.63) is 24.3 Å². The summed E-state index contributed by atoms with van der Waals surface area (Å²) in [5, 5.41) is 7.13. The van der Waals surface area contributed by atoms with Gasteiger partial charge in [-0.2, -0.15) is 0 Å². The first-order valence-corrected chi connectivity index (χ1v) is 10.8. The molecule has 1 aromatic rings. The topological polar surface area (TPSA) is 52.1 Å². The Hall–Kier alpha value is -1.95.